The monoisotopic (exact) mass is 316 g/mol. The Balaban J connectivity index is 1.72. The molecular weight excluding hydrogens is 284 g/mol. The average Bonchev–Trinajstić information content (AvgIpc) is 2.61. The third kappa shape index (κ3) is 4.71. The third-order valence-electron chi connectivity index (χ3n) is 6.28. The topological polar surface area (TPSA) is 37.3 Å². The molecule has 0 aromatic heterocycles. The predicted octanol–water partition coefficient (Wildman–Crippen LogP) is 5.88. The van der Waals surface area contributed by atoms with Gasteiger partial charge in [0, 0.05) is 6.42 Å². The molecular formula is C21H32O2. The van der Waals surface area contributed by atoms with Crippen molar-refractivity contribution in [2.45, 2.75) is 83.5 Å². The molecule has 3 rings (SSSR count). The lowest BCUT2D eigenvalue weighted by Gasteiger charge is -2.35. The molecule has 3 aliphatic carbocycles. The van der Waals surface area contributed by atoms with Crippen LogP contribution in [-0.4, -0.2) is 11.1 Å². The zero-order chi connectivity index (χ0) is 16.1. The Hall–Kier alpha value is -1.05. The van der Waals surface area contributed by atoms with Gasteiger partial charge in [-0.3, -0.25) is 4.79 Å². The highest BCUT2D eigenvalue weighted by atomic mass is 16.4. The van der Waals surface area contributed by atoms with Crippen molar-refractivity contribution in [2.75, 3.05) is 0 Å². The molecule has 0 bridgehead atoms. The molecule has 0 aliphatic heterocycles. The van der Waals surface area contributed by atoms with Crippen LogP contribution in [0.15, 0.2) is 23.3 Å². The number of hydrogen-bond acceptors (Lipinski definition) is 1. The van der Waals surface area contributed by atoms with Crippen LogP contribution in [0.2, 0.25) is 0 Å². The lowest BCUT2D eigenvalue weighted by Crippen LogP contribution is -2.22. The van der Waals surface area contributed by atoms with E-state index in [1.165, 1.54) is 76.2 Å². The second-order valence-corrected chi connectivity index (χ2v) is 7.96. The average molecular weight is 316 g/mol. The summed E-state index contributed by atoms with van der Waals surface area (Å²) in [5, 5.41) is 9.03. The second-order valence-electron chi connectivity index (χ2n) is 7.96. The van der Waals surface area contributed by atoms with Gasteiger partial charge in [0.05, 0.1) is 0 Å². The van der Waals surface area contributed by atoms with Gasteiger partial charge in [-0.15, -0.1) is 0 Å². The van der Waals surface area contributed by atoms with Crippen molar-refractivity contribution in [1.29, 1.82) is 0 Å². The minimum absolute atomic E-state index is 0.275. The first-order chi connectivity index (χ1) is 11.2. The van der Waals surface area contributed by atoms with E-state index in [1.807, 2.05) is 0 Å². The van der Waals surface area contributed by atoms with Crippen molar-refractivity contribution in [1.82, 2.24) is 0 Å². The highest BCUT2D eigenvalue weighted by Crippen LogP contribution is 2.42. The summed E-state index contributed by atoms with van der Waals surface area (Å²) in [5.74, 6) is 1.64. The number of carboxylic acid groups (broad SMARTS) is 1. The molecule has 0 saturated heterocycles. The maximum absolute atomic E-state index is 11.0. The van der Waals surface area contributed by atoms with E-state index in [9.17, 15) is 4.79 Å². The molecule has 2 fully saturated rings. The lowest BCUT2D eigenvalue weighted by atomic mass is 9.70. The Labute approximate surface area is 141 Å². The normalized spacial score (nSPS) is 27.4. The van der Waals surface area contributed by atoms with Crippen LogP contribution < -0.4 is 0 Å². The van der Waals surface area contributed by atoms with E-state index in [0.29, 0.717) is 5.92 Å². The van der Waals surface area contributed by atoms with Gasteiger partial charge < -0.3 is 5.11 Å². The number of carboxylic acids is 1. The maximum Gasteiger partial charge on any atom is 0.303 e. The van der Waals surface area contributed by atoms with Crippen molar-refractivity contribution in [2.24, 2.45) is 17.8 Å². The Morgan fingerprint density at radius 3 is 2.30 bits per heavy atom. The van der Waals surface area contributed by atoms with Crippen LogP contribution in [0, 0.1) is 17.8 Å². The molecule has 0 aromatic rings. The van der Waals surface area contributed by atoms with Gasteiger partial charge in [-0.1, -0.05) is 61.8 Å². The molecule has 0 heterocycles. The number of rotatable bonds is 5. The van der Waals surface area contributed by atoms with Gasteiger partial charge in [0.1, 0.15) is 0 Å². The maximum atomic E-state index is 11.0. The minimum Gasteiger partial charge on any atom is -0.481 e. The molecule has 23 heavy (non-hydrogen) atoms. The first-order valence-corrected chi connectivity index (χ1v) is 9.85. The van der Waals surface area contributed by atoms with Crippen LogP contribution in [0.3, 0.4) is 0 Å². The molecule has 2 saturated carbocycles. The fraction of sp³-hybridized carbons (Fsp3) is 0.762. The molecule has 1 atom stereocenters. The molecule has 1 unspecified atom stereocenters. The molecule has 3 aliphatic rings. The van der Waals surface area contributed by atoms with Crippen LogP contribution >= 0.6 is 0 Å². The fourth-order valence-electron chi connectivity index (χ4n) is 4.98. The summed E-state index contributed by atoms with van der Waals surface area (Å²) in [4.78, 5) is 11.0. The first kappa shape index (κ1) is 16.8. The van der Waals surface area contributed by atoms with Gasteiger partial charge in [0.15, 0.2) is 0 Å². The van der Waals surface area contributed by atoms with E-state index >= 15 is 0 Å². The number of hydrogen-bond donors (Lipinski definition) is 1. The highest BCUT2D eigenvalue weighted by Gasteiger charge is 2.28. The van der Waals surface area contributed by atoms with Crippen molar-refractivity contribution in [3.8, 4) is 0 Å². The predicted molar refractivity (Wildman–Crippen MR) is 94.3 cm³/mol. The van der Waals surface area contributed by atoms with Crippen molar-refractivity contribution in [3.63, 3.8) is 0 Å². The summed E-state index contributed by atoms with van der Waals surface area (Å²) in [6.45, 7) is 0. The largest absolute Gasteiger partial charge is 0.481 e. The zero-order valence-corrected chi connectivity index (χ0v) is 14.4. The molecule has 0 amide bonds. The van der Waals surface area contributed by atoms with E-state index in [1.54, 1.807) is 5.57 Å². The van der Waals surface area contributed by atoms with Gasteiger partial charge in [0.25, 0.3) is 0 Å². The summed E-state index contributed by atoms with van der Waals surface area (Å²) in [6.07, 6.45) is 20.9. The van der Waals surface area contributed by atoms with E-state index in [-0.39, 0.29) is 6.42 Å². The molecule has 128 valence electrons. The van der Waals surface area contributed by atoms with Crippen LogP contribution in [0.4, 0.5) is 0 Å². The summed E-state index contributed by atoms with van der Waals surface area (Å²) in [7, 11) is 0. The Morgan fingerprint density at radius 2 is 1.65 bits per heavy atom. The lowest BCUT2D eigenvalue weighted by molar-refractivity contribution is -0.136. The Kier molecular flexibility index (Phi) is 5.96. The van der Waals surface area contributed by atoms with E-state index in [0.717, 1.165) is 18.3 Å². The zero-order valence-electron chi connectivity index (χ0n) is 14.4. The molecule has 0 aromatic carbocycles. The standard InChI is InChI=1S/C21H32O2/c22-21(23)12-11-16-13-19(17-7-3-1-4-8-17)15-20(14-16)18-9-5-2-6-10-18/h13-14,17-19H,1-12,15H2,(H,22,23). The van der Waals surface area contributed by atoms with Crippen LogP contribution in [0.1, 0.15) is 83.5 Å². The van der Waals surface area contributed by atoms with Gasteiger partial charge in [-0.05, 0) is 56.3 Å². The van der Waals surface area contributed by atoms with E-state index in [4.69, 9.17) is 5.11 Å². The van der Waals surface area contributed by atoms with E-state index in [2.05, 4.69) is 12.2 Å². The number of carbonyl (C=O) groups is 1. The number of aliphatic carboxylic acids is 1. The Bertz CT molecular complexity index is 462. The minimum atomic E-state index is -0.668. The summed E-state index contributed by atoms with van der Waals surface area (Å²) < 4.78 is 0. The van der Waals surface area contributed by atoms with Gasteiger partial charge >= 0.3 is 5.97 Å². The fourth-order valence-corrected chi connectivity index (χ4v) is 4.98. The molecule has 0 radical (unpaired) electrons. The highest BCUT2D eigenvalue weighted by molar-refractivity contribution is 5.67. The second kappa shape index (κ2) is 8.17. The number of allylic oxidation sites excluding steroid dienone is 4. The SMILES string of the molecule is O=C(O)CCC1=CC(C2CCCCC2)CC(C2CCCCC2)=C1. The molecule has 2 nitrogen and oxygen atoms in total. The summed E-state index contributed by atoms with van der Waals surface area (Å²) in [5.41, 5.74) is 2.97. The third-order valence-corrected chi connectivity index (χ3v) is 6.28. The smallest absolute Gasteiger partial charge is 0.303 e. The van der Waals surface area contributed by atoms with Gasteiger partial charge in [-0.25, -0.2) is 0 Å². The summed E-state index contributed by atoms with van der Waals surface area (Å²) in [6, 6.07) is 0. The van der Waals surface area contributed by atoms with Crippen LogP contribution in [0.25, 0.3) is 0 Å². The van der Waals surface area contributed by atoms with Crippen LogP contribution in [-0.2, 0) is 4.79 Å². The van der Waals surface area contributed by atoms with Crippen molar-refractivity contribution >= 4 is 5.97 Å². The van der Waals surface area contributed by atoms with Crippen LogP contribution in [0.5, 0.6) is 0 Å². The van der Waals surface area contributed by atoms with E-state index < -0.39 is 5.97 Å². The molecule has 0 spiro atoms. The van der Waals surface area contributed by atoms with Crippen molar-refractivity contribution in [3.05, 3.63) is 23.3 Å². The molecule has 2 heteroatoms. The quantitative estimate of drug-likeness (QED) is 0.687. The molecule has 1 N–H and O–H groups in total. The first-order valence-electron chi connectivity index (χ1n) is 9.85. The van der Waals surface area contributed by atoms with Gasteiger partial charge in [0.2, 0.25) is 0 Å². The summed E-state index contributed by atoms with van der Waals surface area (Å²) >= 11 is 0. The Morgan fingerprint density at radius 1 is 1.00 bits per heavy atom. The van der Waals surface area contributed by atoms with Crippen molar-refractivity contribution < 1.29 is 9.90 Å². The van der Waals surface area contributed by atoms with Gasteiger partial charge in [-0.2, -0.15) is 0 Å².